The Hall–Kier alpha value is -2.82. The lowest BCUT2D eigenvalue weighted by Gasteiger charge is -2.03. The van der Waals surface area contributed by atoms with Crippen molar-refractivity contribution in [3.63, 3.8) is 0 Å². The molecule has 0 radical (unpaired) electrons. The number of carboxylic acids is 1. The Kier molecular flexibility index (Phi) is 2.45. The average molecular weight is 254 g/mol. The molecule has 0 fully saturated rings. The minimum Gasteiger partial charge on any atom is -0.477 e. The molecule has 2 heterocycles. The minimum absolute atomic E-state index is 0.243. The molecule has 0 aliphatic carbocycles. The van der Waals surface area contributed by atoms with Gasteiger partial charge in [-0.15, -0.1) is 0 Å². The van der Waals surface area contributed by atoms with Crippen molar-refractivity contribution < 1.29 is 9.90 Å². The van der Waals surface area contributed by atoms with Gasteiger partial charge < -0.3 is 15.1 Å². The third-order valence-electron chi connectivity index (χ3n) is 3.05. The second-order valence-electron chi connectivity index (χ2n) is 4.15. The Morgan fingerprint density at radius 2 is 1.84 bits per heavy atom. The molecule has 0 atom stereocenters. The fraction of sp³-hybridized carbons (Fsp3) is 0. The second-order valence-corrected chi connectivity index (χ2v) is 4.15. The highest BCUT2D eigenvalue weighted by atomic mass is 16.4. The number of carboxylic acid groups (broad SMARTS) is 1. The van der Waals surface area contributed by atoms with Crippen molar-refractivity contribution in [3.8, 4) is 11.1 Å². The number of hydrogen-bond acceptors (Lipinski definition) is 2. The number of pyridine rings is 1. The zero-order chi connectivity index (χ0) is 13.4. The van der Waals surface area contributed by atoms with E-state index in [1.165, 1.54) is 6.20 Å². The zero-order valence-electron chi connectivity index (χ0n) is 9.81. The van der Waals surface area contributed by atoms with E-state index < -0.39 is 11.5 Å². The van der Waals surface area contributed by atoms with Crippen LogP contribution < -0.4 is 5.56 Å². The van der Waals surface area contributed by atoms with Gasteiger partial charge in [-0.1, -0.05) is 18.2 Å². The van der Waals surface area contributed by atoms with Gasteiger partial charge in [-0.05, 0) is 12.1 Å². The molecule has 5 heteroatoms. The highest BCUT2D eigenvalue weighted by Crippen LogP contribution is 2.29. The van der Waals surface area contributed by atoms with Gasteiger partial charge in [-0.3, -0.25) is 4.79 Å². The molecule has 3 aromatic rings. The van der Waals surface area contributed by atoms with Gasteiger partial charge in [0.15, 0.2) is 0 Å². The van der Waals surface area contributed by atoms with Gasteiger partial charge in [-0.25, -0.2) is 4.79 Å². The van der Waals surface area contributed by atoms with Crippen molar-refractivity contribution in [2.24, 2.45) is 0 Å². The standard InChI is InChI=1S/C14H10N2O3/c17-13-12(14(18)19)9(5-6-15-13)10-7-16-11-4-2-1-3-8(10)11/h1-7,16H,(H,15,17)(H,18,19). The predicted molar refractivity (Wildman–Crippen MR) is 71.3 cm³/mol. The normalized spacial score (nSPS) is 10.7. The van der Waals surface area contributed by atoms with E-state index in [0.717, 1.165) is 10.9 Å². The first-order chi connectivity index (χ1) is 9.18. The Morgan fingerprint density at radius 1 is 1.05 bits per heavy atom. The number of aromatic carboxylic acids is 1. The average Bonchev–Trinajstić information content (AvgIpc) is 2.81. The van der Waals surface area contributed by atoms with E-state index in [4.69, 9.17) is 0 Å². The lowest BCUT2D eigenvalue weighted by molar-refractivity contribution is 0.0696. The van der Waals surface area contributed by atoms with Crippen molar-refractivity contribution in [3.05, 3.63) is 58.6 Å². The molecule has 1 aromatic carbocycles. The van der Waals surface area contributed by atoms with E-state index in [0.29, 0.717) is 11.1 Å². The molecule has 0 saturated heterocycles. The summed E-state index contributed by atoms with van der Waals surface area (Å²) in [6.45, 7) is 0. The Labute approximate surface area is 107 Å². The van der Waals surface area contributed by atoms with Crippen LogP contribution in [0.2, 0.25) is 0 Å². The molecule has 5 nitrogen and oxygen atoms in total. The van der Waals surface area contributed by atoms with E-state index in [1.54, 1.807) is 12.3 Å². The van der Waals surface area contributed by atoms with Crippen molar-refractivity contribution in [2.75, 3.05) is 0 Å². The predicted octanol–water partition coefficient (Wildman–Crippen LogP) is 2.22. The number of rotatable bonds is 2. The van der Waals surface area contributed by atoms with Crippen LogP contribution >= 0.6 is 0 Å². The van der Waals surface area contributed by atoms with Gasteiger partial charge in [0.2, 0.25) is 0 Å². The fourth-order valence-electron chi connectivity index (χ4n) is 2.21. The third-order valence-corrected chi connectivity index (χ3v) is 3.05. The summed E-state index contributed by atoms with van der Waals surface area (Å²) < 4.78 is 0. The molecule has 0 amide bonds. The van der Waals surface area contributed by atoms with Crippen LogP contribution in [0.5, 0.6) is 0 Å². The molecule has 0 unspecified atom stereocenters. The van der Waals surface area contributed by atoms with Crippen LogP contribution in [-0.2, 0) is 0 Å². The van der Waals surface area contributed by atoms with Crippen LogP contribution in [-0.4, -0.2) is 21.0 Å². The second kappa shape index (κ2) is 4.13. The number of hydrogen-bond donors (Lipinski definition) is 3. The molecular weight excluding hydrogens is 244 g/mol. The summed E-state index contributed by atoms with van der Waals surface area (Å²) >= 11 is 0. The van der Waals surface area contributed by atoms with Crippen LogP contribution in [0.25, 0.3) is 22.0 Å². The molecular formula is C14H10N2O3. The van der Waals surface area contributed by atoms with Crippen LogP contribution in [0.1, 0.15) is 10.4 Å². The van der Waals surface area contributed by atoms with E-state index in [1.807, 2.05) is 24.3 Å². The van der Waals surface area contributed by atoms with Crippen molar-refractivity contribution in [1.29, 1.82) is 0 Å². The van der Waals surface area contributed by atoms with Crippen LogP contribution in [0.15, 0.2) is 47.5 Å². The van der Waals surface area contributed by atoms with Crippen LogP contribution in [0, 0.1) is 0 Å². The van der Waals surface area contributed by atoms with Crippen molar-refractivity contribution in [1.82, 2.24) is 9.97 Å². The molecule has 19 heavy (non-hydrogen) atoms. The Morgan fingerprint density at radius 3 is 2.63 bits per heavy atom. The van der Waals surface area contributed by atoms with Gasteiger partial charge in [0, 0.05) is 34.4 Å². The van der Waals surface area contributed by atoms with Crippen LogP contribution in [0.3, 0.4) is 0 Å². The maximum absolute atomic E-state index is 11.7. The molecule has 0 saturated carbocycles. The number of fused-ring (bicyclic) bond motifs is 1. The SMILES string of the molecule is O=C(O)c1c(-c2c[nH]c3ccccc23)cc[nH]c1=O. The summed E-state index contributed by atoms with van der Waals surface area (Å²) in [6, 6.07) is 9.13. The highest BCUT2D eigenvalue weighted by Gasteiger charge is 2.17. The molecule has 0 bridgehead atoms. The largest absolute Gasteiger partial charge is 0.477 e. The number of carbonyl (C=O) groups is 1. The summed E-state index contributed by atoms with van der Waals surface area (Å²) in [6.07, 6.45) is 3.16. The number of H-pyrrole nitrogens is 2. The molecule has 2 aromatic heterocycles. The van der Waals surface area contributed by atoms with E-state index in [9.17, 15) is 14.7 Å². The summed E-state index contributed by atoms with van der Waals surface area (Å²) in [5.41, 5.74) is 1.17. The van der Waals surface area contributed by atoms with E-state index in [2.05, 4.69) is 9.97 Å². The van der Waals surface area contributed by atoms with Crippen LogP contribution in [0.4, 0.5) is 0 Å². The number of nitrogens with one attached hydrogen (secondary N) is 2. The van der Waals surface area contributed by atoms with Crippen molar-refractivity contribution in [2.45, 2.75) is 0 Å². The van der Waals surface area contributed by atoms with Crippen molar-refractivity contribution >= 4 is 16.9 Å². The lowest BCUT2D eigenvalue weighted by Crippen LogP contribution is -2.18. The van der Waals surface area contributed by atoms with E-state index in [-0.39, 0.29) is 5.56 Å². The van der Waals surface area contributed by atoms with Gasteiger partial charge in [0.25, 0.3) is 5.56 Å². The van der Waals surface area contributed by atoms with E-state index >= 15 is 0 Å². The minimum atomic E-state index is -1.23. The van der Waals surface area contributed by atoms with Gasteiger partial charge in [0.1, 0.15) is 5.56 Å². The van der Waals surface area contributed by atoms with Gasteiger partial charge in [0.05, 0.1) is 0 Å². The molecule has 3 rings (SSSR count). The first kappa shape index (κ1) is 11.3. The summed E-state index contributed by atoms with van der Waals surface area (Å²) in [5.74, 6) is -1.23. The smallest absolute Gasteiger partial charge is 0.341 e. The monoisotopic (exact) mass is 254 g/mol. The zero-order valence-corrected chi connectivity index (χ0v) is 9.81. The summed E-state index contributed by atoms with van der Waals surface area (Å²) in [5, 5.41) is 10.1. The summed E-state index contributed by atoms with van der Waals surface area (Å²) in [4.78, 5) is 28.4. The topological polar surface area (TPSA) is 85.9 Å². The molecule has 94 valence electrons. The lowest BCUT2D eigenvalue weighted by atomic mass is 10.0. The van der Waals surface area contributed by atoms with Gasteiger partial charge >= 0.3 is 5.97 Å². The molecule has 3 N–H and O–H groups in total. The Balaban J connectivity index is 2.37. The number of aromatic amines is 2. The Bertz CT molecular complexity index is 830. The maximum atomic E-state index is 11.7. The number of benzene rings is 1. The highest BCUT2D eigenvalue weighted by molar-refractivity contribution is 6.02. The first-order valence-electron chi connectivity index (χ1n) is 5.70. The quantitative estimate of drug-likeness (QED) is 0.655. The summed E-state index contributed by atoms with van der Waals surface area (Å²) in [7, 11) is 0. The molecule has 0 aliphatic heterocycles. The number of aromatic nitrogens is 2. The third kappa shape index (κ3) is 1.72. The number of para-hydroxylation sites is 1. The molecule has 0 aliphatic rings. The van der Waals surface area contributed by atoms with Gasteiger partial charge in [-0.2, -0.15) is 0 Å². The fourth-order valence-corrected chi connectivity index (χ4v) is 2.21. The first-order valence-corrected chi connectivity index (χ1v) is 5.70. The molecule has 0 spiro atoms. The maximum Gasteiger partial charge on any atom is 0.341 e.